The van der Waals surface area contributed by atoms with Gasteiger partial charge in [0.15, 0.2) is 0 Å². The van der Waals surface area contributed by atoms with E-state index in [1.165, 1.54) is 0 Å². The summed E-state index contributed by atoms with van der Waals surface area (Å²) in [5.41, 5.74) is 3.44. The van der Waals surface area contributed by atoms with Crippen LogP contribution in [0.5, 0.6) is 0 Å². The molecule has 36 heavy (non-hydrogen) atoms. The number of rotatable bonds is 5. The standard InChI is InChI=1S/C29H39N3O4/c1-20-16-32(21(2)18-33)28(34)25-13-8-7-12-24(25)23-11-6-5-10-22(23)19-36-27(20)17-31(4)29(35)26-14-9-15-30(26)3/h5-8,10-13,20-21,26-27,33H,9,14-19H2,1-4H3/t20-,21+,26+,27-/m0/s1. The van der Waals surface area contributed by atoms with Crippen LogP contribution in [0.4, 0.5) is 0 Å². The Morgan fingerprint density at radius 2 is 1.81 bits per heavy atom. The van der Waals surface area contributed by atoms with E-state index >= 15 is 0 Å². The molecule has 0 aromatic heterocycles. The van der Waals surface area contributed by atoms with Crippen molar-refractivity contribution in [1.82, 2.24) is 14.7 Å². The molecule has 2 heterocycles. The van der Waals surface area contributed by atoms with E-state index in [2.05, 4.69) is 11.8 Å². The highest BCUT2D eigenvalue weighted by Crippen LogP contribution is 2.31. The topological polar surface area (TPSA) is 73.3 Å². The molecule has 1 saturated heterocycles. The van der Waals surface area contributed by atoms with Crippen LogP contribution in [0.2, 0.25) is 0 Å². The van der Waals surface area contributed by atoms with Gasteiger partial charge in [0.05, 0.1) is 31.4 Å². The van der Waals surface area contributed by atoms with E-state index in [-0.39, 0.29) is 42.5 Å². The highest BCUT2D eigenvalue weighted by molar-refractivity contribution is 6.01. The molecule has 2 aliphatic heterocycles. The van der Waals surface area contributed by atoms with Crippen LogP contribution >= 0.6 is 0 Å². The van der Waals surface area contributed by atoms with Crippen LogP contribution in [0.25, 0.3) is 11.1 Å². The maximum Gasteiger partial charge on any atom is 0.254 e. The van der Waals surface area contributed by atoms with Gasteiger partial charge in [0.25, 0.3) is 5.91 Å². The van der Waals surface area contributed by atoms with Crippen LogP contribution in [0.15, 0.2) is 48.5 Å². The monoisotopic (exact) mass is 493 g/mol. The van der Waals surface area contributed by atoms with Crippen molar-refractivity contribution < 1.29 is 19.4 Å². The molecule has 0 spiro atoms. The smallest absolute Gasteiger partial charge is 0.254 e. The number of ether oxygens (including phenoxy) is 1. The lowest BCUT2D eigenvalue weighted by molar-refractivity contribution is -0.137. The first-order valence-electron chi connectivity index (χ1n) is 13.0. The minimum Gasteiger partial charge on any atom is -0.394 e. The maximum atomic E-state index is 13.9. The van der Waals surface area contributed by atoms with Crippen molar-refractivity contribution >= 4 is 11.8 Å². The lowest BCUT2D eigenvalue weighted by atomic mass is 9.94. The van der Waals surface area contributed by atoms with Crippen molar-refractivity contribution in [2.45, 2.75) is 51.5 Å². The Labute approximate surface area is 214 Å². The number of likely N-dealkylation sites (tertiary alicyclic amines) is 1. The molecular weight excluding hydrogens is 454 g/mol. The zero-order valence-corrected chi connectivity index (χ0v) is 21.9. The number of likely N-dealkylation sites (N-methyl/N-ethyl adjacent to an activating group) is 2. The van der Waals surface area contributed by atoms with E-state index in [1.54, 1.807) is 9.80 Å². The Bertz CT molecular complexity index is 1070. The average Bonchev–Trinajstić information content (AvgIpc) is 3.33. The summed E-state index contributed by atoms with van der Waals surface area (Å²) in [7, 11) is 3.85. The number of fused-ring (bicyclic) bond motifs is 3. The van der Waals surface area contributed by atoms with Crippen LogP contribution in [0.3, 0.4) is 0 Å². The Kier molecular flexibility index (Phi) is 8.44. The number of hydrogen-bond donors (Lipinski definition) is 1. The van der Waals surface area contributed by atoms with Gasteiger partial charge in [-0.25, -0.2) is 0 Å². The SMILES string of the molecule is C[C@H](CO)N1C[C@H](C)[C@H](CN(C)C(=O)[C@H]2CCCN2C)OCc2ccccc2-c2ccccc2C1=O. The molecule has 2 aromatic rings. The first kappa shape index (κ1) is 26.3. The third-order valence-corrected chi connectivity index (χ3v) is 7.73. The molecule has 2 aliphatic rings. The van der Waals surface area contributed by atoms with Gasteiger partial charge in [0, 0.05) is 31.6 Å². The van der Waals surface area contributed by atoms with Gasteiger partial charge < -0.3 is 19.6 Å². The van der Waals surface area contributed by atoms with Crippen LogP contribution in [-0.4, -0.2) is 90.1 Å². The summed E-state index contributed by atoms with van der Waals surface area (Å²) in [6.45, 7) is 5.97. The summed E-state index contributed by atoms with van der Waals surface area (Å²) in [5, 5.41) is 9.99. The normalized spacial score (nSPS) is 24.0. The molecule has 194 valence electrons. The summed E-state index contributed by atoms with van der Waals surface area (Å²) in [4.78, 5) is 32.8. The van der Waals surface area contributed by atoms with Crippen molar-refractivity contribution in [1.29, 1.82) is 0 Å². The molecule has 2 amide bonds. The molecule has 0 bridgehead atoms. The molecule has 0 saturated carbocycles. The lowest BCUT2D eigenvalue weighted by Crippen LogP contribution is -2.49. The Morgan fingerprint density at radius 1 is 1.14 bits per heavy atom. The summed E-state index contributed by atoms with van der Waals surface area (Å²) < 4.78 is 6.53. The van der Waals surface area contributed by atoms with Crippen molar-refractivity contribution in [2.75, 3.05) is 40.3 Å². The second-order valence-electron chi connectivity index (χ2n) is 10.4. The van der Waals surface area contributed by atoms with E-state index in [9.17, 15) is 14.7 Å². The average molecular weight is 494 g/mol. The van der Waals surface area contributed by atoms with Gasteiger partial charge in [-0.1, -0.05) is 49.4 Å². The minimum absolute atomic E-state index is 0.0584. The predicted octanol–water partition coefficient (Wildman–Crippen LogP) is 3.26. The van der Waals surface area contributed by atoms with Crippen molar-refractivity contribution in [2.24, 2.45) is 5.92 Å². The fourth-order valence-electron chi connectivity index (χ4n) is 5.39. The predicted molar refractivity (Wildman–Crippen MR) is 140 cm³/mol. The van der Waals surface area contributed by atoms with Crippen molar-refractivity contribution in [3.05, 3.63) is 59.7 Å². The number of hydrogen-bond acceptors (Lipinski definition) is 5. The molecule has 2 aromatic carbocycles. The number of carbonyl (C=O) groups excluding carboxylic acids is 2. The van der Waals surface area contributed by atoms with Gasteiger partial charge in [-0.15, -0.1) is 0 Å². The summed E-state index contributed by atoms with van der Waals surface area (Å²) in [5.74, 6) is -0.0482. The largest absolute Gasteiger partial charge is 0.394 e. The number of carbonyl (C=O) groups is 2. The molecule has 1 fully saturated rings. The Morgan fingerprint density at radius 3 is 2.47 bits per heavy atom. The summed E-state index contributed by atoms with van der Waals surface area (Å²) >= 11 is 0. The molecule has 4 rings (SSSR count). The second-order valence-corrected chi connectivity index (χ2v) is 10.4. The highest BCUT2D eigenvalue weighted by atomic mass is 16.5. The first-order valence-corrected chi connectivity index (χ1v) is 13.0. The molecule has 0 aliphatic carbocycles. The van der Waals surface area contributed by atoms with E-state index < -0.39 is 0 Å². The number of benzene rings is 2. The highest BCUT2D eigenvalue weighted by Gasteiger charge is 2.34. The second kappa shape index (κ2) is 11.5. The maximum absolute atomic E-state index is 13.9. The molecule has 0 radical (unpaired) electrons. The third-order valence-electron chi connectivity index (χ3n) is 7.73. The quantitative estimate of drug-likeness (QED) is 0.692. The van der Waals surface area contributed by atoms with E-state index in [4.69, 9.17) is 4.74 Å². The van der Waals surface area contributed by atoms with Gasteiger partial charge in [0.2, 0.25) is 5.91 Å². The van der Waals surface area contributed by atoms with Crippen LogP contribution in [0.1, 0.15) is 42.6 Å². The van der Waals surface area contributed by atoms with Crippen LogP contribution < -0.4 is 0 Å². The molecule has 7 nitrogen and oxygen atoms in total. The number of nitrogens with zero attached hydrogens (tertiary/aromatic N) is 3. The fraction of sp³-hybridized carbons (Fsp3) is 0.517. The Hall–Kier alpha value is -2.74. The minimum atomic E-state index is -0.351. The van der Waals surface area contributed by atoms with Gasteiger partial charge in [-0.2, -0.15) is 0 Å². The van der Waals surface area contributed by atoms with Crippen molar-refractivity contribution in [3.8, 4) is 11.1 Å². The number of aliphatic hydroxyl groups excluding tert-OH is 1. The van der Waals surface area contributed by atoms with Gasteiger partial charge in [-0.05, 0) is 56.1 Å². The Balaban J connectivity index is 1.68. The third kappa shape index (κ3) is 5.48. The summed E-state index contributed by atoms with van der Waals surface area (Å²) in [6.07, 6.45) is 1.63. The molecule has 7 heteroatoms. The van der Waals surface area contributed by atoms with E-state index in [0.29, 0.717) is 25.3 Å². The van der Waals surface area contributed by atoms with E-state index in [0.717, 1.165) is 36.1 Å². The fourth-order valence-corrected chi connectivity index (χ4v) is 5.39. The zero-order valence-electron chi connectivity index (χ0n) is 21.9. The van der Waals surface area contributed by atoms with Crippen LogP contribution in [-0.2, 0) is 16.1 Å². The van der Waals surface area contributed by atoms with Gasteiger partial charge in [-0.3, -0.25) is 14.5 Å². The first-order chi connectivity index (χ1) is 17.3. The lowest BCUT2D eigenvalue weighted by Gasteiger charge is -2.35. The van der Waals surface area contributed by atoms with Gasteiger partial charge >= 0.3 is 0 Å². The van der Waals surface area contributed by atoms with E-state index in [1.807, 2.05) is 69.6 Å². The summed E-state index contributed by atoms with van der Waals surface area (Å²) in [6, 6.07) is 15.2. The zero-order chi connectivity index (χ0) is 25.8. The molecular formula is C29H39N3O4. The van der Waals surface area contributed by atoms with Gasteiger partial charge in [0.1, 0.15) is 0 Å². The molecule has 1 N–H and O–H groups in total. The molecule has 0 unspecified atom stereocenters. The van der Waals surface area contributed by atoms with Crippen molar-refractivity contribution in [3.63, 3.8) is 0 Å². The number of aliphatic hydroxyl groups is 1. The molecule has 4 atom stereocenters. The number of amides is 2. The van der Waals surface area contributed by atoms with Crippen LogP contribution in [0, 0.1) is 5.92 Å².